The van der Waals surface area contributed by atoms with Crippen molar-refractivity contribution < 1.29 is 33.4 Å². The van der Waals surface area contributed by atoms with Crippen molar-refractivity contribution in [2.24, 2.45) is 11.8 Å². The zero-order valence-electron chi connectivity index (χ0n) is 29.0. The number of ether oxygens (including phenoxy) is 3. The largest absolute Gasteiger partial charge is 0.497 e. The molecule has 0 unspecified atom stereocenters. The Balaban J connectivity index is 1.80. The van der Waals surface area contributed by atoms with Gasteiger partial charge in [0.2, 0.25) is 17.7 Å². The molecule has 0 spiro atoms. The maximum absolute atomic E-state index is 14.4. The number of H-pyrrole nitrogens is 1. The monoisotopic (exact) mass is 660 g/mol. The van der Waals surface area contributed by atoms with E-state index in [9.17, 15) is 19.2 Å². The normalized spacial score (nSPS) is 28.0. The van der Waals surface area contributed by atoms with E-state index in [1.165, 1.54) is 12.0 Å². The molecule has 2 heterocycles. The highest BCUT2D eigenvalue weighted by atomic mass is 16.6. The summed E-state index contributed by atoms with van der Waals surface area (Å²) in [5, 5.41) is 6.79. The Bertz CT molecular complexity index is 1630. The molecule has 3 N–H and O–H groups in total. The van der Waals surface area contributed by atoms with Crippen molar-refractivity contribution in [1.82, 2.24) is 20.5 Å². The van der Waals surface area contributed by atoms with Crippen LogP contribution in [0.25, 0.3) is 10.9 Å². The number of aromatic nitrogens is 1. The van der Waals surface area contributed by atoms with Crippen LogP contribution in [0.3, 0.4) is 0 Å². The SMILES string of the molecule is COc1ccc([C@@H]2NC(=O)[C@@H](Cc3c[nH]c4ccccc34)N(C)C(=O)[C@H](C)NC(=O)[C@@H](C)C/C(C)=C/[C@@H](C)[C@@H](C)OC(=O)[C@H]2OC)cc1. The Morgan fingerprint density at radius 1 is 0.917 bits per heavy atom. The number of likely N-dealkylation sites (N-methyl/N-ethyl adjacent to an activating group) is 1. The van der Waals surface area contributed by atoms with E-state index in [0.717, 1.165) is 22.0 Å². The number of nitrogens with zero attached hydrogens (tertiary/aromatic N) is 1. The summed E-state index contributed by atoms with van der Waals surface area (Å²) in [7, 11) is 4.49. The summed E-state index contributed by atoms with van der Waals surface area (Å²) in [4.78, 5) is 59.8. The number of para-hydroxylation sites is 1. The van der Waals surface area contributed by atoms with E-state index in [2.05, 4.69) is 15.6 Å². The van der Waals surface area contributed by atoms with Gasteiger partial charge in [0.25, 0.3) is 0 Å². The summed E-state index contributed by atoms with van der Waals surface area (Å²) in [5.41, 5.74) is 3.25. The molecule has 1 aliphatic rings. The molecular weight excluding hydrogens is 612 g/mol. The Hall–Kier alpha value is -4.64. The van der Waals surface area contributed by atoms with E-state index < -0.39 is 54.0 Å². The quantitative estimate of drug-likeness (QED) is 0.271. The molecule has 0 saturated carbocycles. The number of carbonyl (C=O) groups is 4. The molecule has 11 heteroatoms. The molecule has 0 saturated heterocycles. The standard InChI is InChI=1S/C37H48N4O7/c1-21-17-22(2)25(5)48-37(45)33(47-8)32(26-13-15-28(46-7)16-14-26)40-35(43)31(19-27-20-38-30-12-10-9-11-29(27)30)41(6)36(44)24(4)39-34(42)23(3)18-21/h9-17,20,22-25,31-33,38H,18-19H2,1-8H3,(H,39,42)(H,40,43)/b21-17+/t22-,23+,24+,25-,31-,32+,33+/m1/s1. The number of carbonyl (C=O) groups excluding carboxylic acids is 4. The first-order valence-electron chi connectivity index (χ1n) is 16.3. The van der Waals surface area contributed by atoms with Gasteiger partial charge in [-0.2, -0.15) is 0 Å². The molecule has 3 aromatic rings. The molecule has 11 nitrogen and oxygen atoms in total. The molecule has 1 aliphatic heterocycles. The van der Waals surface area contributed by atoms with Gasteiger partial charge in [0.15, 0.2) is 6.10 Å². The second-order valence-corrected chi connectivity index (χ2v) is 12.8. The average molecular weight is 661 g/mol. The summed E-state index contributed by atoms with van der Waals surface area (Å²) in [5.74, 6) is -1.87. The van der Waals surface area contributed by atoms with E-state index in [4.69, 9.17) is 14.2 Å². The minimum absolute atomic E-state index is 0.158. The maximum atomic E-state index is 14.4. The minimum Gasteiger partial charge on any atom is -0.497 e. The van der Waals surface area contributed by atoms with Gasteiger partial charge in [-0.15, -0.1) is 0 Å². The van der Waals surface area contributed by atoms with Crippen molar-refractivity contribution in [2.45, 2.75) is 77.8 Å². The van der Waals surface area contributed by atoms with E-state index >= 15 is 0 Å². The molecule has 7 atom stereocenters. The zero-order chi connectivity index (χ0) is 35.1. The van der Waals surface area contributed by atoms with Gasteiger partial charge in [-0.25, -0.2) is 4.79 Å². The molecule has 2 aromatic carbocycles. The second-order valence-electron chi connectivity index (χ2n) is 12.8. The second kappa shape index (κ2) is 16.0. The highest BCUT2D eigenvalue weighted by Gasteiger charge is 2.38. The molecule has 3 amide bonds. The Morgan fingerprint density at radius 2 is 1.60 bits per heavy atom. The van der Waals surface area contributed by atoms with Crippen LogP contribution in [-0.4, -0.2) is 79.1 Å². The number of hydrogen-bond acceptors (Lipinski definition) is 7. The predicted molar refractivity (Wildman–Crippen MR) is 183 cm³/mol. The zero-order valence-corrected chi connectivity index (χ0v) is 29.0. The number of amides is 3. The lowest BCUT2D eigenvalue weighted by Gasteiger charge is -2.33. The van der Waals surface area contributed by atoms with Crippen molar-refractivity contribution in [2.75, 3.05) is 21.3 Å². The van der Waals surface area contributed by atoms with Gasteiger partial charge in [0.1, 0.15) is 23.9 Å². The number of fused-ring (bicyclic) bond motifs is 1. The molecule has 4 rings (SSSR count). The third-order valence-corrected chi connectivity index (χ3v) is 9.16. The van der Waals surface area contributed by atoms with Gasteiger partial charge in [-0.05, 0) is 56.5 Å². The van der Waals surface area contributed by atoms with Crippen LogP contribution in [0.15, 0.2) is 66.4 Å². The number of cyclic esters (lactones) is 1. The summed E-state index contributed by atoms with van der Waals surface area (Å²) in [6.07, 6.45) is 2.67. The van der Waals surface area contributed by atoms with E-state index in [1.54, 1.807) is 59.2 Å². The fraction of sp³-hybridized carbons (Fsp3) is 0.459. The molecule has 48 heavy (non-hydrogen) atoms. The topological polar surface area (TPSA) is 139 Å². The van der Waals surface area contributed by atoms with Gasteiger partial charge in [-0.1, -0.05) is 55.8 Å². The smallest absolute Gasteiger partial charge is 0.338 e. The van der Waals surface area contributed by atoms with Crippen LogP contribution in [0.2, 0.25) is 0 Å². The fourth-order valence-electron chi connectivity index (χ4n) is 6.14. The molecule has 0 bridgehead atoms. The summed E-state index contributed by atoms with van der Waals surface area (Å²) in [6.45, 7) is 9.08. The lowest BCUT2D eigenvalue weighted by atomic mass is 9.95. The van der Waals surface area contributed by atoms with Crippen LogP contribution in [0.4, 0.5) is 0 Å². The van der Waals surface area contributed by atoms with Gasteiger partial charge >= 0.3 is 5.97 Å². The summed E-state index contributed by atoms with van der Waals surface area (Å²) < 4.78 is 17.0. The maximum Gasteiger partial charge on any atom is 0.338 e. The Kier molecular flexibility index (Phi) is 12.0. The summed E-state index contributed by atoms with van der Waals surface area (Å²) >= 11 is 0. The lowest BCUT2D eigenvalue weighted by Crippen LogP contribution is -2.56. The number of hydrogen-bond donors (Lipinski definition) is 3. The van der Waals surface area contributed by atoms with Crippen LogP contribution in [-0.2, 0) is 35.1 Å². The number of benzene rings is 2. The molecule has 0 radical (unpaired) electrons. The molecule has 258 valence electrons. The van der Waals surface area contributed by atoms with Gasteiger partial charge in [0, 0.05) is 49.5 Å². The van der Waals surface area contributed by atoms with Crippen molar-refractivity contribution in [1.29, 1.82) is 0 Å². The number of esters is 1. The first kappa shape index (κ1) is 36.2. The highest BCUT2D eigenvalue weighted by Crippen LogP contribution is 2.27. The van der Waals surface area contributed by atoms with Gasteiger partial charge in [-0.3, -0.25) is 14.4 Å². The van der Waals surface area contributed by atoms with E-state index in [0.29, 0.717) is 17.7 Å². The van der Waals surface area contributed by atoms with Crippen LogP contribution in [0, 0.1) is 11.8 Å². The van der Waals surface area contributed by atoms with Crippen molar-refractivity contribution in [3.05, 3.63) is 77.5 Å². The van der Waals surface area contributed by atoms with E-state index in [-0.39, 0.29) is 18.2 Å². The van der Waals surface area contributed by atoms with Crippen LogP contribution in [0.1, 0.15) is 58.2 Å². The van der Waals surface area contributed by atoms with Crippen molar-refractivity contribution in [3.63, 3.8) is 0 Å². The van der Waals surface area contributed by atoms with Crippen LogP contribution in [0.5, 0.6) is 5.75 Å². The first-order chi connectivity index (χ1) is 22.8. The Morgan fingerprint density at radius 3 is 2.27 bits per heavy atom. The first-order valence-corrected chi connectivity index (χ1v) is 16.3. The van der Waals surface area contributed by atoms with Gasteiger partial charge < -0.3 is 34.7 Å². The van der Waals surface area contributed by atoms with Crippen molar-refractivity contribution >= 4 is 34.6 Å². The summed E-state index contributed by atoms with van der Waals surface area (Å²) in [6, 6.07) is 11.7. The third-order valence-electron chi connectivity index (χ3n) is 9.16. The fourth-order valence-corrected chi connectivity index (χ4v) is 6.14. The molecule has 1 aromatic heterocycles. The third kappa shape index (κ3) is 8.44. The number of rotatable bonds is 5. The van der Waals surface area contributed by atoms with Gasteiger partial charge in [0.05, 0.1) is 13.2 Å². The van der Waals surface area contributed by atoms with Crippen LogP contribution < -0.4 is 15.4 Å². The molecule has 0 fully saturated rings. The molecular formula is C37H48N4O7. The van der Waals surface area contributed by atoms with E-state index in [1.807, 2.05) is 50.4 Å². The molecule has 0 aliphatic carbocycles. The minimum atomic E-state index is -1.21. The predicted octanol–water partition coefficient (Wildman–Crippen LogP) is 4.48. The number of methoxy groups -OCH3 is 2. The number of aromatic amines is 1. The average Bonchev–Trinajstić information content (AvgIpc) is 3.48. The van der Waals surface area contributed by atoms with Crippen LogP contribution >= 0.6 is 0 Å². The van der Waals surface area contributed by atoms with Crippen molar-refractivity contribution in [3.8, 4) is 5.75 Å². The number of nitrogens with one attached hydrogen (secondary N) is 3. The lowest BCUT2D eigenvalue weighted by molar-refractivity contribution is -0.164. The highest BCUT2D eigenvalue weighted by molar-refractivity contribution is 5.93. The Labute approximate surface area is 282 Å². The number of allylic oxidation sites excluding steroid dienone is 1.